The first-order valence-corrected chi connectivity index (χ1v) is 8.01. The molecule has 3 aromatic rings. The molecule has 0 bridgehead atoms. The summed E-state index contributed by atoms with van der Waals surface area (Å²) < 4.78 is 13.3. The molecule has 1 aliphatic rings. The van der Waals surface area contributed by atoms with Crippen LogP contribution in [0.1, 0.15) is 12.8 Å². The van der Waals surface area contributed by atoms with Crippen molar-refractivity contribution in [3.8, 4) is 11.4 Å². The molecule has 4 rings (SSSR count). The average molecular weight is 324 g/mol. The number of aromatic nitrogens is 3. The Morgan fingerprint density at radius 3 is 2.75 bits per heavy atom. The molecule has 24 heavy (non-hydrogen) atoms. The van der Waals surface area contributed by atoms with Gasteiger partial charge in [-0.25, -0.2) is 14.4 Å². The van der Waals surface area contributed by atoms with E-state index in [1.165, 1.54) is 12.1 Å². The third kappa shape index (κ3) is 2.92. The Morgan fingerprint density at radius 1 is 1.08 bits per heavy atom. The summed E-state index contributed by atoms with van der Waals surface area (Å²) in [5.41, 5.74) is 1.41. The Labute approximate surface area is 138 Å². The molecule has 0 aliphatic carbocycles. The van der Waals surface area contributed by atoms with Crippen molar-refractivity contribution in [1.82, 2.24) is 15.0 Å². The maximum absolute atomic E-state index is 13.3. The number of piperidine rings is 1. The average Bonchev–Trinajstić information content (AvgIpc) is 2.62. The maximum Gasteiger partial charge on any atom is 0.163 e. The Bertz CT molecular complexity index is 878. The smallest absolute Gasteiger partial charge is 0.163 e. The van der Waals surface area contributed by atoms with Gasteiger partial charge in [-0.1, -0.05) is 0 Å². The molecule has 1 saturated heterocycles. The van der Waals surface area contributed by atoms with Crippen LogP contribution in [0.5, 0.6) is 0 Å². The number of aliphatic hydroxyl groups excluding tert-OH is 1. The van der Waals surface area contributed by atoms with E-state index in [-0.39, 0.29) is 11.9 Å². The van der Waals surface area contributed by atoms with Crippen LogP contribution in [0.25, 0.3) is 22.3 Å². The largest absolute Gasteiger partial charge is 0.393 e. The second-order valence-corrected chi connectivity index (χ2v) is 6.02. The fraction of sp³-hybridized carbons (Fsp3) is 0.278. The van der Waals surface area contributed by atoms with Crippen molar-refractivity contribution in [2.45, 2.75) is 18.9 Å². The molecule has 0 amide bonds. The molecule has 3 heterocycles. The number of fused-ring (bicyclic) bond motifs is 1. The van der Waals surface area contributed by atoms with Crippen LogP contribution < -0.4 is 4.90 Å². The van der Waals surface area contributed by atoms with Gasteiger partial charge in [-0.05, 0) is 37.1 Å². The second-order valence-electron chi connectivity index (χ2n) is 6.02. The molecule has 0 radical (unpaired) electrons. The lowest BCUT2D eigenvalue weighted by Crippen LogP contribution is -2.36. The molecule has 0 saturated carbocycles. The Morgan fingerprint density at radius 2 is 1.92 bits per heavy atom. The third-order valence-corrected chi connectivity index (χ3v) is 4.33. The molecule has 1 fully saturated rings. The summed E-state index contributed by atoms with van der Waals surface area (Å²) in [6, 6.07) is 8.34. The van der Waals surface area contributed by atoms with Crippen molar-refractivity contribution in [1.29, 1.82) is 0 Å². The van der Waals surface area contributed by atoms with Crippen molar-refractivity contribution >= 4 is 16.7 Å². The van der Waals surface area contributed by atoms with E-state index in [4.69, 9.17) is 0 Å². The summed E-state index contributed by atoms with van der Waals surface area (Å²) >= 11 is 0. The van der Waals surface area contributed by atoms with Crippen LogP contribution in [-0.2, 0) is 0 Å². The molecular weight excluding hydrogens is 307 g/mol. The number of nitrogens with zero attached hydrogens (tertiary/aromatic N) is 4. The van der Waals surface area contributed by atoms with Crippen LogP contribution in [0.2, 0.25) is 0 Å². The van der Waals surface area contributed by atoms with E-state index in [0.29, 0.717) is 11.3 Å². The lowest BCUT2D eigenvalue weighted by molar-refractivity contribution is 0.145. The molecular formula is C18H17FN4O. The van der Waals surface area contributed by atoms with Gasteiger partial charge in [0, 0.05) is 42.5 Å². The van der Waals surface area contributed by atoms with Crippen molar-refractivity contribution in [2.75, 3.05) is 18.0 Å². The van der Waals surface area contributed by atoms with Crippen molar-refractivity contribution in [3.05, 3.63) is 48.5 Å². The molecule has 122 valence electrons. The maximum atomic E-state index is 13.3. The van der Waals surface area contributed by atoms with Crippen molar-refractivity contribution < 1.29 is 9.50 Å². The predicted octanol–water partition coefficient (Wildman–Crippen LogP) is 2.79. The second kappa shape index (κ2) is 6.13. The highest BCUT2D eigenvalue weighted by Gasteiger charge is 2.18. The van der Waals surface area contributed by atoms with Crippen LogP contribution in [0.15, 0.2) is 42.7 Å². The highest BCUT2D eigenvalue weighted by atomic mass is 19.1. The molecule has 0 spiro atoms. The number of benzene rings is 1. The minimum absolute atomic E-state index is 0.215. The lowest BCUT2D eigenvalue weighted by Gasteiger charge is -2.30. The standard InChI is InChI=1S/C18H17FN4O/c19-14-2-1-12-9-13(11-21-16(12)10-14)18-20-6-3-17(22-18)23-7-4-15(24)5-8-23/h1-3,6,9-11,15,24H,4-5,7-8H2. The summed E-state index contributed by atoms with van der Waals surface area (Å²) in [6.45, 7) is 1.57. The monoisotopic (exact) mass is 324 g/mol. The summed E-state index contributed by atoms with van der Waals surface area (Å²) in [5, 5.41) is 10.5. The van der Waals surface area contributed by atoms with E-state index >= 15 is 0 Å². The summed E-state index contributed by atoms with van der Waals surface area (Å²) in [5.74, 6) is 1.15. The van der Waals surface area contributed by atoms with Gasteiger partial charge in [0.2, 0.25) is 0 Å². The van der Waals surface area contributed by atoms with Crippen LogP contribution in [0.3, 0.4) is 0 Å². The molecule has 1 aromatic carbocycles. The van der Waals surface area contributed by atoms with Crippen molar-refractivity contribution in [2.24, 2.45) is 0 Å². The van der Waals surface area contributed by atoms with Gasteiger partial charge in [-0.2, -0.15) is 0 Å². The minimum Gasteiger partial charge on any atom is -0.393 e. The zero-order valence-corrected chi connectivity index (χ0v) is 13.1. The van der Waals surface area contributed by atoms with Gasteiger partial charge >= 0.3 is 0 Å². The number of halogens is 1. The lowest BCUT2D eigenvalue weighted by atomic mass is 10.1. The molecule has 1 aliphatic heterocycles. The van der Waals surface area contributed by atoms with E-state index < -0.39 is 0 Å². The summed E-state index contributed by atoms with van der Waals surface area (Å²) in [4.78, 5) is 15.4. The number of aliphatic hydroxyl groups is 1. The molecule has 0 unspecified atom stereocenters. The van der Waals surface area contributed by atoms with E-state index in [2.05, 4.69) is 19.9 Å². The van der Waals surface area contributed by atoms with Gasteiger partial charge in [0.15, 0.2) is 5.82 Å². The summed E-state index contributed by atoms with van der Waals surface area (Å²) in [6.07, 6.45) is 4.69. The van der Waals surface area contributed by atoms with E-state index in [9.17, 15) is 9.50 Å². The van der Waals surface area contributed by atoms with E-state index in [0.717, 1.165) is 42.7 Å². The van der Waals surface area contributed by atoms with Gasteiger partial charge in [-0.3, -0.25) is 4.98 Å². The van der Waals surface area contributed by atoms with Gasteiger partial charge in [0.25, 0.3) is 0 Å². The first-order valence-electron chi connectivity index (χ1n) is 8.01. The molecule has 5 nitrogen and oxygen atoms in total. The zero-order chi connectivity index (χ0) is 16.5. The molecule has 1 N–H and O–H groups in total. The minimum atomic E-state index is -0.298. The quantitative estimate of drug-likeness (QED) is 0.785. The van der Waals surface area contributed by atoms with Gasteiger partial charge in [0.05, 0.1) is 11.6 Å². The highest BCUT2D eigenvalue weighted by molar-refractivity contribution is 5.82. The third-order valence-electron chi connectivity index (χ3n) is 4.33. The normalized spacial score (nSPS) is 15.8. The number of hydrogen-bond donors (Lipinski definition) is 1. The number of hydrogen-bond acceptors (Lipinski definition) is 5. The van der Waals surface area contributed by atoms with Crippen LogP contribution >= 0.6 is 0 Å². The zero-order valence-electron chi connectivity index (χ0n) is 13.1. The fourth-order valence-corrected chi connectivity index (χ4v) is 2.98. The summed E-state index contributed by atoms with van der Waals surface area (Å²) in [7, 11) is 0. The number of anilines is 1. The van der Waals surface area contributed by atoms with Gasteiger partial charge in [-0.15, -0.1) is 0 Å². The topological polar surface area (TPSA) is 62.1 Å². The predicted molar refractivity (Wildman–Crippen MR) is 90.2 cm³/mol. The molecule has 6 heteroatoms. The van der Waals surface area contributed by atoms with Crippen LogP contribution in [0, 0.1) is 5.82 Å². The van der Waals surface area contributed by atoms with E-state index in [1.54, 1.807) is 18.5 Å². The Balaban J connectivity index is 1.67. The van der Waals surface area contributed by atoms with Crippen molar-refractivity contribution in [3.63, 3.8) is 0 Å². The first kappa shape index (κ1) is 15.0. The van der Waals surface area contributed by atoms with Gasteiger partial charge < -0.3 is 10.0 Å². The van der Waals surface area contributed by atoms with E-state index in [1.807, 2.05) is 12.1 Å². The number of rotatable bonds is 2. The highest BCUT2D eigenvalue weighted by Crippen LogP contribution is 2.23. The van der Waals surface area contributed by atoms with Crippen LogP contribution in [0.4, 0.5) is 10.2 Å². The first-order chi connectivity index (χ1) is 11.7. The van der Waals surface area contributed by atoms with Crippen LogP contribution in [-0.4, -0.2) is 39.3 Å². The fourth-order valence-electron chi connectivity index (χ4n) is 2.98. The SMILES string of the molecule is OC1CCN(c2ccnc(-c3cnc4cc(F)ccc4c3)n2)CC1. The number of pyridine rings is 1. The Hall–Kier alpha value is -2.60. The molecule has 2 aromatic heterocycles. The molecule has 0 atom stereocenters. The Kier molecular flexibility index (Phi) is 3.82. The van der Waals surface area contributed by atoms with Gasteiger partial charge in [0.1, 0.15) is 11.6 Å².